The molecule has 0 atom stereocenters. The van der Waals surface area contributed by atoms with Crippen molar-refractivity contribution in [2.45, 2.75) is 0 Å². The molecule has 0 aliphatic carbocycles. The summed E-state index contributed by atoms with van der Waals surface area (Å²) in [6.07, 6.45) is 0. The Kier molecular flexibility index (Phi) is 7.92. The maximum atomic E-state index is 2.36. The van der Waals surface area contributed by atoms with Crippen LogP contribution in [0.5, 0.6) is 0 Å². The summed E-state index contributed by atoms with van der Waals surface area (Å²) in [7, 11) is 0. The van der Waals surface area contributed by atoms with Crippen molar-refractivity contribution in [3.8, 4) is 44.5 Å². The summed E-state index contributed by atoms with van der Waals surface area (Å²) in [6.45, 7) is 0. The molecule has 0 saturated carbocycles. The van der Waals surface area contributed by atoms with E-state index in [1.54, 1.807) is 0 Å². The number of hydrogen-bond acceptors (Lipinski definition) is 1. The van der Waals surface area contributed by atoms with Crippen molar-refractivity contribution in [2.75, 3.05) is 4.90 Å². The SMILES string of the molecule is c1ccc(-c2ccc(-c3ccc(N(c4ccccc4)c4ccc(-c5ccc6c(-c7ccccc7)cc7ccccc7c6c5)cc4)cc3)cc2)cc1. The molecule has 0 bridgehead atoms. The molecule has 0 fully saturated rings. The van der Waals surface area contributed by atoms with Crippen LogP contribution in [0.3, 0.4) is 0 Å². The van der Waals surface area contributed by atoms with E-state index in [1.165, 1.54) is 66.1 Å². The van der Waals surface area contributed by atoms with Crippen LogP contribution in [0.2, 0.25) is 0 Å². The highest BCUT2D eigenvalue weighted by molar-refractivity contribution is 6.14. The zero-order chi connectivity index (χ0) is 34.0. The molecule has 0 heterocycles. The topological polar surface area (TPSA) is 3.24 Å². The number of hydrogen-bond donors (Lipinski definition) is 0. The van der Waals surface area contributed by atoms with Gasteiger partial charge in [-0.3, -0.25) is 0 Å². The first-order valence-electron chi connectivity index (χ1n) is 17.5. The summed E-state index contributed by atoms with van der Waals surface area (Å²) >= 11 is 0. The minimum Gasteiger partial charge on any atom is -0.311 e. The van der Waals surface area contributed by atoms with Gasteiger partial charge in [0.05, 0.1) is 0 Å². The smallest absolute Gasteiger partial charge is 0.0462 e. The van der Waals surface area contributed by atoms with E-state index in [4.69, 9.17) is 0 Å². The third-order valence-corrected chi connectivity index (χ3v) is 9.87. The molecule has 1 nitrogen and oxygen atoms in total. The second kappa shape index (κ2) is 13.3. The van der Waals surface area contributed by atoms with E-state index in [2.05, 4.69) is 217 Å². The summed E-state index contributed by atoms with van der Waals surface area (Å²) in [4.78, 5) is 2.33. The molecule has 240 valence electrons. The number of nitrogens with zero attached hydrogens (tertiary/aromatic N) is 1. The molecule has 0 saturated heterocycles. The fraction of sp³-hybridized carbons (Fsp3) is 0. The summed E-state index contributed by atoms with van der Waals surface area (Å²) in [5.74, 6) is 0. The summed E-state index contributed by atoms with van der Waals surface area (Å²) in [6, 6.07) is 76.5. The molecule has 0 amide bonds. The fourth-order valence-electron chi connectivity index (χ4n) is 7.26. The van der Waals surface area contributed by atoms with Gasteiger partial charge in [-0.15, -0.1) is 0 Å². The van der Waals surface area contributed by atoms with Gasteiger partial charge in [0, 0.05) is 17.1 Å². The third kappa shape index (κ3) is 5.96. The van der Waals surface area contributed by atoms with Crippen LogP contribution in [0, 0.1) is 0 Å². The standard InChI is InChI=1S/C50H35N/c1-4-12-36(13-5-1)37-20-22-38(23-21-37)39-24-29-45(30-25-39)51(44-17-8-3-9-18-44)46-31-26-40(27-32-46)42-28-33-48-49(41-14-6-2-7-15-41)35-43-16-10-11-19-47(43)50(48)34-42/h1-35H. The maximum Gasteiger partial charge on any atom is 0.0462 e. The van der Waals surface area contributed by atoms with Crippen molar-refractivity contribution in [2.24, 2.45) is 0 Å². The van der Waals surface area contributed by atoms with E-state index in [0.29, 0.717) is 0 Å². The van der Waals surface area contributed by atoms with E-state index >= 15 is 0 Å². The van der Waals surface area contributed by atoms with Gasteiger partial charge >= 0.3 is 0 Å². The zero-order valence-corrected chi connectivity index (χ0v) is 28.2. The van der Waals surface area contributed by atoms with Gasteiger partial charge in [0.15, 0.2) is 0 Å². The molecule has 0 aliphatic rings. The first kappa shape index (κ1) is 30.4. The molecule has 0 unspecified atom stereocenters. The van der Waals surface area contributed by atoms with Gasteiger partial charge in [0.25, 0.3) is 0 Å². The highest BCUT2D eigenvalue weighted by Crippen LogP contribution is 2.39. The molecule has 0 aliphatic heterocycles. The molecule has 51 heavy (non-hydrogen) atoms. The molecule has 9 aromatic carbocycles. The molecule has 1 heteroatoms. The average molecular weight is 650 g/mol. The normalized spacial score (nSPS) is 11.1. The van der Waals surface area contributed by atoms with Crippen LogP contribution in [0.25, 0.3) is 66.1 Å². The first-order chi connectivity index (χ1) is 25.3. The minimum atomic E-state index is 1.11. The van der Waals surface area contributed by atoms with Crippen LogP contribution in [0.1, 0.15) is 0 Å². The monoisotopic (exact) mass is 649 g/mol. The summed E-state index contributed by atoms with van der Waals surface area (Å²) in [5, 5.41) is 5.07. The fourth-order valence-corrected chi connectivity index (χ4v) is 7.26. The maximum absolute atomic E-state index is 2.36. The van der Waals surface area contributed by atoms with E-state index in [9.17, 15) is 0 Å². The Morgan fingerprint density at radius 3 is 1.24 bits per heavy atom. The lowest BCUT2D eigenvalue weighted by Crippen LogP contribution is -2.09. The predicted molar refractivity (Wildman–Crippen MR) is 218 cm³/mol. The summed E-state index contributed by atoms with van der Waals surface area (Å²) in [5.41, 5.74) is 13.1. The molecule has 9 rings (SSSR count). The quantitative estimate of drug-likeness (QED) is 0.155. The Hall–Kier alpha value is -6.70. The van der Waals surface area contributed by atoms with Crippen molar-refractivity contribution in [1.82, 2.24) is 0 Å². The van der Waals surface area contributed by atoms with Gasteiger partial charge in [-0.2, -0.15) is 0 Å². The first-order valence-corrected chi connectivity index (χ1v) is 17.5. The lowest BCUT2D eigenvalue weighted by molar-refractivity contribution is 1.28. The molecular formula is C50H35N. The van der Waals surface area contributed by atoms with E-state index in [1.807, 2.05) is 0 Å². The van der Waals surface area contributed by atoms with E-state index in [-0.39, 0.29) is 0 Å². The molecule has 0 spiro atoms. The Morgan fingerprint density at radius 1 is 0.235 bits per heavy atom. The van der Waals surface area contributed by atoms with Crippen LogP contribution in [0.4, 0.5) is 17.1 Å². The van der Waals surface area contributed by atoms with Crippen LogP contribution >= 0.6 is 0 Å². The van der Waals surface area contributed by atoms with E-state index in [0.717, 1.165) is 17.1 Å². The van der Waals surface area contributed by atoms with Gasteiger partial charge in [-0.05, 0) is 115 Å². The van der Waals surface area contributed by atoms with Crippen molar-refractivity contribution in [1.29, 1.82) is 0 Å². The van der Waals surface area contributed by atoms with E-state index < -0.39 is 0 Å². The molecule has 0 radical (unpaired) electrons. The van der Waals surface area contributed by atoms with Gasteiger partial charge < -0.3 is 4.90 Å². The minimum absolute atomic E-state index is 1.11. The molecule has 0 aromatic heterocycles. The van der Waals surface area contributed by atoms with Crippen molar-refractivity contribution >= 4 is 38.6 Å². The Balaban J connectivity index is 1.05. The second-order valence-corrected chi connectivity index (χ2v) is 13.0. The Bertz CT molecular complexity index is 2570. The lowest BCUT2D eigenvalue weighted by atomic mass is 9.91. The van der Waals surface area contributed by atoms with Crippen molar-refractivity contribution < 1.29 is 0 Å². The largest absolute Gasteiger partial charge is 0.311 e. The Labute approximate surface area is 299 Å². The highest BCUT2D eigenvalue weighted by atomic mass is 15.1. The molecular weight excluding hydrogens is 615 g/mol. The van der Waals surface area contributed by atoms with Gasteiger partial charge in [0.1, 0.15) is 0 Å². The number of fused-ring (bicyclic) bond motifs is 3. The summed E-state index contributed by atoms with van der Waals surface area (Å²) < 4.78 is 0. The molecule has 0 N–H and O–H groups in total. The number of para-hydroxylation sites is 1. The van der Waals surface area contributed by atoms with Crippen LogP contribution in [-0.4, -0.2) is 0 Å². The van der Waals surface area contributed by atoms with Crippen LogP contribution in [0.15, 0.2) is 212 Å². The molecule has 9 aromatic rings. The number of rotatable bonds is 7. The third-order valence-electron chi connectivity index (χ3n) is 9.87. The highest BCUT2D eigenvalue weighted by Gasteiger charge is 2.14. The van der Waals surface area contributed by atoms with Crippen molar-refractivity contribution in [3.05, 3.63) is 212 Å². The van der Waals surface area contributed by atoms with Crippen molar-refractivity contribution in [3.63, 3.8) is 0 Å². The van der Waals surface area contributed by atoms with Gasteiger partial charge in [-0.25, -0.2) is 0 Å². The van der Waals surface area contributed by atoms with Gasteiger partial charge in [0.2, 0.25) is 0 Å². The Morgan fingerprint density at radius 2 is 0.647 bits per heavy atom. The average Bonchev–Trinajstić information content (AvgIpc) is 3.22. The number of anilines is 3. The zero-order valence-electron chi connectivity index (χ0n) is 28.2. The second-order valence-electron chi connectivity index (χ2n) is 13.0. The lowest BCUT2D eigenvalue weighted by Gasteiger charge is -2.26. The predicted octanol–water partition coefficient (Wildman–Crippen LogP) is 14.1. The number of benzene rings is 9. The van der Waals surface area contributed by atoms with Crippen LogP contribution in [-0.2, 0) is 0 Å². The van der Waals surface area contributed by atoms with Gasteiger partial charge in [-0.1, -0.05) is 164 Å². The van der Waals surface area contributed by atoms with Crippen LogP contribution < -0.4 is 4.90 Å².